The monoisotopic (exact) mass is 597 g/mol. The summed E-state index contributed by atoms with van der Waals surface area (Å²) in [5.41, 5.74) is 2.33. The van der Waals surface area contributed by atoms with Gasteiger partial charge in [0.05, 0.1) is 33.1 Å². The van der Waals surface area contributed by atoms with E-state index in [1.807, 2.05) is 55.5 Å². The maximum Gasteiger partial charge on any atom is 0.293 e. The van der Waals surface area contributed by atoms with Gasteiger partial charge in [-0.2, -0.15) is 0 Å². The predicted octanol–water partition coefficient (Wildman–Crippen LogP) is 9.01. The molecule has 5 rings (SSSR count). The standard InChI is InChI=1S/C30H22Cl3NO4S/c1-2-37-26-14-19(13-25(33)28(26)38-17-18-10-11-23(31)24(32)12-18)15-27-29(35)34(30(36)39-27)16-21-8-5-7-20-6-3-4-9-22(20)21/h3-15H,2,16-17H2,1H3/b27-15+. The Morgan fingerprint density at radius 2 is 1.67 bits per heavy atom. The molecule has 0 unspecified atom stereocenters. The molecule has 2 amide bonds. The molecule has 1 heterocycles. The van der Waals surface area contributed by atoms with E-state index in [9.17, 15) is 9.59 Å². The Labute approximate surface area is 245 Å². The van der Waals surface area contributed by atoms with Gasteiger partial charge in [0, 0.05) is 0 Å². The van der Waals surface area contributed by atoms with Crippen molar-refractivity contribution in [2.24, 2.45) is 0 Å². The zero-order valence-corrected chi connectivity index (χ0v) is 23.8. The van der Waals surface area contributed by atoms with Crippen LogP contribution in [0.3, 0.4) is 0 Å². The predicted molar refractivity (Wildman–Crippen MR) is 159 cm³/mol. The number of carbonyl (C=O) groups excluding carboxylic acids is 2. The Bertz CT molecular complexity index is 1620. The van der Waals surface area contributed by atoms with E-state index in [1.54, 1.807) is 30.3 Å². The Kier molecular flexibility index (Phi) is 8.38. The minimum Gasteiger partial charge on any atom is -0.490 e. The number of benzene rings is 4. The summed E-state index contributed by atoms with van der Waals surface area (Å²) in [4.78, 5) is 27.6. The average molecular weight is 599 g/mol. The first kappa shape index (κ1) is 27.4. The Morgan fingerprint density at radius 3 is 2.46 bits per heavy atom. The third kappa shape index (κ3) is 6.04. The van der Waals surface area contributed by atoms with Gasteiger partial charge in [-0.05, 0) is 76.5 Å². The molecule has 0 bridgehead atoms. The van der Waals surface area contributed by atoms with Crippen molar-refractivity contribution in [1.82, 2.24) is 4.90 Å². The first-order valence-electron chi connectivity index (χ1n) is 12.1. The molecule has 4 aromatic rings. The van der Waals surface area contributed by atoms with Crippen LogP contribution in [0.15, 0.2) is 77.7 Å². The molecule has 1 aliphatic heterocycles. The molecule has 4 aromatic carbocycles. The van der Waals surface area contributed by atoms with Crippen molar-refractivity contribution < 1.29 is 19.1 Å². The van der Waals surface area contributed by atoms with Gasteiger partial charge in [-0.15, -0.1) is 0 Å². The number of imide groups is 1. The number of thioether (sulfide) groups is 1. The highest BCUT2D eigenvalue weighted by atomic mass is 35.5. The van der Waals surface area contributed by atoms with Crippen molar-refractivity contribution in [3.05, 3.63) is 109 Å². The number of nitrogens with zero attached hydrogens (tertiary/aromatic N) is 1. The van der Waals surface area contributed by atoms with Gasteiger partial charge in [-0.1, -0.05) is 83.3 Å². The van der Waals surface area contributed by atoms with Crippen molar-refractivity contribution in [2.75, 3.05) is 6.61 Å². The number of halogens is 3. The van der Waals surface area contributed by atoms with Crippen LogP contribution in [0.4, 0.5) is 4.79 Å². The summed E-state index contributed by atoms with van der Waals surface area (Å²) in [6, 6.07) is 22.4. The molecule has 1 fully saturated rings. The summed E-state index contributed by atoms with van der Waals surface area (Å²) in [7, 11) is 0. The van der Waals surface area contributed by atoms with Gasteiger partial charge < -0.3 is 9.47 Å². The summed E-state index contributed by atoms with van der Waals surface area (Å²) in [6.45, 7) is 2.62. The van der Waals surface area contributed by atoms with Gasteiger partial charge in [0.1, 0.15) is 6.61 Å². The number of hydrogen-bond acceptors (Lipinski definition) is 5. The second-order valence-electron chi connectivity index (χ2n) is 8.71. The Morgan fingerprint density at radius 1 is 0.872 bits per heavy atom. The van der Waals surface area contributed by atoms with Crippen molar-refractivity contribution in [3.8, 4) is 11.5 Å². The van der Waals surface area contributed by atoms with Crippen LogP contribution in [0.5, 0.6) is 11.5 Å². The van der Waals surface area contributed by atoms with Crippen LogP contribution in [-0.2, 0) is 17.9 Å². The molecule has 0 radical (unpaired) electrons. The lowest BCUT2D eigenvalue weighted by atomic mass is 10.0. The quantitative estimate of drug-likeness (QED) is 0.189. The number of fused-ring (bicyclic) bond motifs is 1. The lowest BCUT2D eigenvalue weighted by molar-refractivity contribution is -0.123. The van der Waals surface area contributed by atoms with Crippen LogP contribution in [0.25, 0.3) is 16.8 Å². The van der Waals surface area contributed by atoms with Crippen molar-refractivity contribution in [2.45, 2.75) is 20.1 Å². The number of hydrogen-bond donors (Lipinski definition) is 0. The molecule has 5 nitrogen and oxygen atoms in total. The SMILES string of the molecule is CCOc1cc(/C=C2/SC(=O)N(Cc3cccc4ccccc34)C2=O)cc(Cl)c1OCc1ccc(Cl)c(Cl)c1. The second-order valence-corrected chi connectivity index (χ2v) is 10.9. The lowest BCUT2D eigenvalue weighted by Crippen LogP contribution is -2.27. The third-order valence-electron chi connectivity index (χ3n) is 6.08. The van der Waals surface area contributed by atoms with Crippen LogP contribution in [0.2, 0.25) is 15.1 Å². The van der Waals surface area contributed by atoms with Gasteiger partial charge >= 0.3 is 0 Å². The molecule has 9 heteroatoms. The van der Waals surface area contributed by atoms with Gasteiger partial charge in [0.25, 0.3) is 11.1 Å². The summed E-state index contributed by atoms with van der Waals surface area (Å²) in [6.07, 6.45) is 1.64. The molecule has 0 atom stereocenters. The molecule has 1 saturated heterocycles. The highest BCUT2D eigenvalue weighted by molar-refractivity contribution is 8.18. The summed E-state index contributed by atoms with van der Waals surface area (Å²) in [5.74, 6) is 0.434. The molecule has 0 N–H and O–H groups in total. The maximum atomic E-state index is 13.2. The summed E-state index contributed by atoms with van der Waals surface area (Å²) >= 11 is 19.6. The highest BCUT2D eigenvalue weighted by Gasteiger charge is 2.35. The van der Waals surface area contributed by atoms with E-state index in [2.05, 4.69) is 0 Å². The van der Waals surface area contributed by atoms with Gasteiger partial charge in [0.15, 0.2) is 11.5 Å². The Balaban J connectivity index is 1.38. The zero-order valence-electron chi connectivity index (χ0n) is 20.7. The molecule has 39 heavy (non-hydrogen) atoms. The summed E-state index contributed by atoms with van der Waals surface area (Å²) < 4.78 is 11.8. The van der Waals surface area contributed by atoms with Gasteiger partial charge in [-0.25, -0.2) is 0 Å². The topological polar surface area (TPSA) is 55.8 Å². The molecule has 0 aromatic heterocycles. The van der Waals surface area contributed by atoms with Crippen LogP contribution in [0, 0.1) is 0 Å². The largest absolute Gasteiger partial charge is 0.490 e. The van der Waals surface area contributed by atoms with E-state index in [1.165, 1.54) is 4.90 Å². The van der Waals surface area contributed by atoms with E-state index in [-0.39, 0.29) is 24.3 Å². The molecule has 0 aliphatic carbocycles. The van der Waals surface area contributed by atoms with Crippen LogP contribution < -0.4 is 9.47 Å². The van der Waals surface area contributed by atoms with E-state index < -0.39 is 0 Å². The van der Waals surface area contributed by atoms with Crippen LogP contribution in [0.1, 0.15) is 23.6 Å². The number of carbonyl (C=O) groups is 2. The molecule has 0 spiro atoms. The van der Waals surface area contributed by atoms with E-state index in [0.717, 1.165) is 33.7 Å². The highest BCUT2D eigenvalue weighted by Crippen LogP contribution is 2.40. The van der Waals surface area contributed by atoms with Crippen LogP contribution >= 0.6 is 46.6 Å². The number of ether oxygens (including phenoxy) is 2. The molecule has 0 saturated carbocycles. The first-order valence-corrected chi connectivity index (χ1v) is 14.0. The van der Waals surface area contributed by atoms with Crippen molar-refractivity contribution in [3.63, 3.8) is 0 Å². The zero-order chi connectivity index (χ0) is 27.5. The third-order valence-corrected chi connectivity index (χ3v) is 8.01. The molecular formula is C30H22Cl3NO4S. The van der Waals surface area contributed by atoms with E-state index in [0.29, 0.717) is 43.6 Å². The fourth-order valence-corrected chi connectivity index (χ4v) is 5.68. The van der Waals surface area contributed by atoms with Gasteiger partial charge in [0.2, 0.25) is 0 Å². The minimum absolute atomic E-state index is 0.190. The minimum atomic E-state index is -0.355. The van der Waals surface area contributed by atoms with Crippen molar-refractivity contribution in [1.29, 1.82) is 0 Å². The van der Waals surface area contributed by atoms with Crippen molar-refractivity contribution >= 4 is 74.6 Å². The fraction of sp³-hybridized carbons (Fsp3) is 0.133. The summed E-state index contributed by atoms with van der Waals surface area (Å²) in [5, 5.41) is 2.93. The fourth-order valence-electron chi connectivity index (χ4n) is 4.25. The molecular weight excluding hydrogens is 577 g/mol. The van der Waals surface area contributed by atoms with E-state index in [4.69, 9.17) is 44.3 Å². The molecule has 198 valence electrons. The van der Waals surface area contributed by atoms with Gasteiger partial charge in [-0.3, -0.25) is 14.5 Å². The smallest absolute Gasteiger partial charge is 0.293 e. The number of amides is 2. The second kappa shape index (κ2) is 11.9. The maximum absolute atomic E-state index is 13.2. The number of rotatable bonds is 8. The Hall–Kier alpha value is -3.16. The first-order chi connectivity index (χ1) is 18.8. The average Bonchev–Trinajstić information content (AvgIpc) is 3.17. The normalized spacial score (nSPS) is 14.5. The lowest BCUT2D eigenvalue weighted by Gasteiger charge is -2.15. The van der Waals surface area contributed by atoms with Crippen LogP contribution in [-0.4, -0.2) is 22.7 Å². The van der Waals surface area contributed by atoms with E-state index >= 15 is 0 Å². The molecule has 1 aliphatic rings.